The van der Waals surface area contributed by atoms with Gasteiger partial charge in [-0.3, -0.25) is 9.59 Å². The van der Waals surface area contributed by atoms with Gasteiger partial charge in [-0.25, -0.2) is 0 Å². The number of nitrogens with zero attached hydrogens (tertiary/aromatic N) is 1. The molecule has 0 bridgehead atoms. The van der Waals surface area contributed by atoms with Crippen molar-refractivity contribution in [3.05, 3.63) is 63.6 Å². The number of carbonyl (C=O) groups excluding carboxylic acids is 2. The van der Waals surface area contributed by atoms with Crippen molar-refractivity contribution in [2.24, 2.45) is 0 Å². The molecule has 0 heterocycles. The summed E-state index contributed by atoms with van der Waals surface area (Å²) in [5.74, 6) is 0.457. The number of aryl methyl sites for hydroxylation is 1. The molecule has 0 spiro atoms. The predicted octanol–water partition coefficient (Wildman–Crippen LogP) is 5.79. The zero-order valence-electron chi connectivity index (χ0n) is 19.2. The molecule has 2 atom stereocenters. The molecule has 0 saturated heterocycles. The Kier molecular flexibility index (Phi) is 10.3. The van der Waals surface area contributed by atoms with E-state index in [9.17, 15) is 9.59 Å². The predicted molar refractivity (Wildman–Crippen MR) is 130 cm³/mol. The van der Waals surface area contributed by atoms with Crippen molar-refractivity contribution < 1.29 is 14.3 Å². The van der Waals surface area contributed by atoms with Crippen LogP contribution in [0.25, 0.3) is 0 Å². The molecule has 2 aromatic rings. The van der Waals surface area contributed by atoms with E-state index in [0.29, 0.717) is 23.1 Å². The molecular weight excluding hydrogens is 447 g/mol. The minimum absolute atomic E-state index is 0.0314. The fourth-order valence-electron chi connectivity index (χ4n) is 3.07. The summed E-state index contributed by atoms with van der Waals surface area (Å²) in [7, 11) is 0. The lowest BCUT2D eigenvalue weighted by Gasteiger charge is -2.30. The first-order chi connectivity index (χ1) is 15.2. The maximum atomic E-state index is 13.1. The van der Waals surface area contributed by atoms with E-state index in [-0.39, 0.29) is 30.8 Å². The first kappa shape index (κ1) is 26.0. The largest absolute Gasteiger partial charge is 0.494 e. The summed E-state index contributed by atoms with van der Waals surface area (Å²) in [6.07, 6.45) is 1.61. The summed E-state index contributed by atoms with van der Waals surface area (Å²) in [4.78, 5) is 27.4. The average molecular weight is 479 g/mol. The van der Waals surface area contributed by atoms with Crippen LogP contribution in [0.5, 0.6) is 5.75 Å². The molecule has 5 nitrogen and oxygen atoms in total. The minimum Gasteiger partial charge on any atom is -0.494 e. The van der Waals surface area contributed by atoms with Crippen molar-refractivity contribution >= 4 is 35.0 Å². The van der Waals surface area contributed by atoms with Gasteiger partial charge in [-0.1, -0.05) is 53.9 Å². The lowest BCUT2D eigenvalue weighted by Crippen LogP contribution is -2.49. The highest BCUT2D eigenvalue weighted by Crippen LogP contribution is 2.23. The van der Waals surface area contributed by atoms with Crippen LogP contribution >= 0.6 is 23.2 Å². The van der Waals surface area contributed by atoms with E-state index < -0.39 is 6.04 Å². The SMILES string of the molecule is CCC(C)NC(=O)C(C)N(Cc1ccc(Cl)cc1Cl)C(=O)CCCOc1ccc(C)cc1. The molecule has 2 amide bonds. The maximum Gasteiger partial charge on any atom is 0.242 e. The molecule has 1 N–H and O–H groups in total. The number of nitrogens with one attached hydrogen (secondary N) is 1. The number of carbonyl (C=O) groups is 2. The molecule has 7 heteroatoms. The third kappa shape index (κ3) is 8.03. The summed E-state index contributed by atoms with van der Waals surface area (Å²) >= 11 is 12.3. The Labute approximate surface area is 201 Å². The molecule has 0 aliphatic carbocycles. The maximum absolute atomic E-state index is 13.1. The zero-order chi connectivity index (χ0) is 23.7. The van der Waals surface area contributed by atoms with Crippen LogP contribution < -0.4 is 10.1 Å². The first-order valence-corrected chi connectivity index (χ1v) is 11.7. The van der Waals surface area contributed by atoms with E-state index in [1.807, 2.05) is 45.0 Å². The van der Waals surface area contributed by atoms with Crippen molar-refractivity contribution in [1.82, 2.24) is 10.2 Å². The molecule has 0 aliphatic heterocycles. The average Bonchev–Trinajstić information content (AvgIpc) is 2.76. The highest BCUT2D eigenvalue weighted by atomic mass is 35.5. The Hall–Kier alpha value is -2.24. The second-order valence-corrected chi connectivity index (χ2v) is 8.86. The van der Waals surface area contributed by atoms with Gasteiger partial charge < -0.3 is 15.0 Å². The molecule has 0 aromatic heterocycles. The van der Waals surface area contributed by atoms with Crippen LogP contribution in [0.4, 0.5) is 0 Å². The Morgan fingerprint density at radius 2 is 1.78 bits per heavy atom. The van der Waals surface area contributed by atoms with E-state index in [2.05, 4.69) is 5.32 Å². The van der Waals surface area contributed by atoms with E-state index in [1.54, 1.807) is 30.0 Å². The highest BCUT2D eigenvalue weighted by Gasteiger charge is 2.27. The number of hydrogen-bond donors (Lipinski definition) is 1. The topological polar surface area (TPSA) is 58.6 Å². The smallest absolute Gasteiger partial charge is 0.242 e. The summed E-state index contributed by atoms with van der Waals surface area (Å²) in [5, 5.41) is 3.94. The summed E-state index contributed by atoms with van der Waals surface area (Å²) in [6, 6.07) is 12.3. The van der Waals surface area contributed by atoms with Gasteiger partial charge in [0.25, 0.3) is 0 Å². The van der Waals surface area contributed by atoms with Crippen LogP contribution in [0.1, 0.15) is 51.2 Å². The van der Waals surface area contributed by atoms with E-state index in [0.717, 1.165) is 23.3 Å². The lowest BCUT2D eigenvalue weighted by molar-refractivity contribution is -0.141. The Morgan fingerprint density at radius 3 is 2.41 bits per heavy atom. The third-order valence-electron chi connectivity index (χ3n) is 5.35. The van der Waals surface area contributed by atoms with E-state index in [1.165, 1.54) is 0 Å². The van der Waals surface area contributed by atoms with Crippen molar-refractivity contribution in [2.75, 3.05) is 6.61 Å². The molecule has 174 valence electrons. The number of ether oxygens (including phenoxy) is 1. The second kappa shape index (κ2) is 12.7. The third-order valence-corrected chi connectivity index (χ3v) is 5.94. The monoisotopic (exact) mass is 478 g/mol. The summed E-state index contributed by atoms with van der Waals surface area (Å²) in [5.41, 5.74) is 1.90. The molecule has 2 unspecified atom stereocenters. The zero-order valence-corrected chi connectivity index (χ0v) is 20.7. The normalized spacial score (nSPS) is 12.7. The lowest BCUT2D eigenvalue weighted by atomic mass is 10.1. The van der Waals surface area contributed by atoms with Crippen LogP contribution in [0.15, 0.2) is 42.5 Å². The van der Waals surface area contributed by atoms with Gasteiger partial charge in [0.15, 0.2) is 0 Å². The highest BCUT2D eigenvalue weighted by molar-refractivity contribution is 6.35. The number of amides is 2. The van der Waals surface area contributed by atoms with Gasteiger partial charge in [-0.2, -0.15) is 0 Å². The quantitative estimate of drug-likeness (QED) is 0.415. The number of halogens is 2. The van der Waals surface area contributed by atoms with Crippen LogP contribution in [0.3, 0.4) is 0 Å². The fraction of sp³-hybridized carbons (Fsp3) is 0.440. The Balaban J connectivity index is 2.05. The summed E-state index contributed by atoms with van der Waals surface area (Å²) < 4.78 is 5.73. The van der Waals surface area contributed by atoms with E-state index in [4.69, 9.17) is 27.9 Å². The van der Waals surface area contributed by atoms with Crippen LogP contribution in [-0.2, 0) is 16.1 Å². The van der Waals surface area contributed by atoms with Crippen LogP contribution in [-0.4, -0.2) is 35.4 Å². The van der Waals surface area contributed by atoms with Gasteiger partial charge in [-0.15, -0.1) is 0 Å². The molecule has 0 fully saturated rings. The molecule has 2 rings (SSSR count). The molecule has 2 aromatic carbocycles. The standard InChI is InChI=1S/C25H32Cl2N2O3/c1-5-18(3)28-25(31)19(4)29(16-20-10-11-21(26)15-23(20)27)24(30)7-6-14-32-22-12-8-17(2)9-13-22/h8-13,15,18-19H,5-7,14,16H2,1-4H3,(H,28,31). The van der Waals surface area contributed by atoms with Crippen molar-refractivity contribution in [3.8, 4) is 5.75 Å². The molecule has 0 saturated carbocycles. The number of rotatable bonds is 11. The van der Waals surface area contributed by atoms with E-state index >= 15 is 0 Å². The van der Waals surface area contributed by atoms with Crippen molar-refractivity contribution in [2.45, 2.75) is 65.6 Å². The van der Waals surface area contributed by atoms with Gasteiger partial charge in [0, 0.05) is 29.1 Å². The van der Waals surface area contributed by atoms with Gasteiger partial charge in [0.05, 0.1) is 6.61 Å². The molecule has 0 aliphatic rings. The van der Waals surface area contributed by atoms with Gasteiger partial charge >= 0.3 is 0 Å². The van der Waals surface area contributed by atoms with Crippen LogP contribution in [0.2, 0.25) is 10.0 Å². The van der Waals surface area contributed by atoms with Gasteiger partial charge in [-0.05, 0) is 63.4 Å². The molecular formula is C25H32Cl2N2O3. The van der Waals surface area contributed by atoms with Gasteiger partial charge in [0.1, 0.15) is 11.8 Å². The molecule has 32 heavy (non-hydrogen) atoms. The molecule has 0 radical (unpaired) electrons. The second-order valence-electron chi connectivity index (χ2n) is 8.02. The van der Waals surface area contributed by atoms with Crippen molar-refractivity contribution in [1.29, 1.82) is 0 Å². The van der Waals surface area contributed by atoms with Gasteiger partial charge in [0.2, 0.25) is 11.8 Å². The first-order valence-electron chi connectivity index (χ1n) is 10.9. The number of benzene rings is 2. The fourth-order valence-corrected chi connectivity index (χ4v) is 3.54. The minimum atomic E-state index is -0.638. The summed E-state index contributed by atoms with van der Waals surface area (Å²) in [6.45, 7) is 8.33. The van der Waals surface area contributed by atoms with Crippen molar-refractivity contribution in [3.63, 3.8) is 0 Å². The van der Waals surface area contributed by atoms with Crippen LogP contribution in [0, 0.1) is 6.92 Å². The number of hydrogen-bond acceptors (Lipinski definition) is 3. The Bertz CT molecular complexity index is 903. The Morgan fingerprint density at radius 1 is 1.09 bits per heavy atom.